The van der Waals surface area contributed by atoms with Gasteiger partial charge in [-0.2, -0.15) is 0 Å². The van der Waals surface area contributed by atoms with E-state index in [0.29, 0.717) is 22.9 Å². The summed E-state index contributed by atoms with van der Waals surface area (Å²) in [6.45, 7) is 0.652. The van der Waals surface area contributed by atoms with Gasteiger partial charge in [0.25, 0.3) is 0 Å². The summed E-state index contributed by atoms with van der Waals surface area (Å²) < 4.78 is 29.4. The number of benzene rings is 1. The maximum atomic E-state index is 12.0. The van der Waals surface area contributed by atoms with Gasteiger partial charge in [-0.3, -0.25) is 0 Å². The molecule has 1 fully saturated rings. The molecule has 4 nitrogen and oxygen atoms in total. The van der Waals surface area contributed by atoms with Crippen LogP contribution >= 0.6 is 11.6 Å². The summed E-state index contributed by atoms with van der Waals surface area (Å²) in [6, 6.07) is 4.87. The summed E-state index contributed by atoms with van der Waals surface area (Å²) in [4.78, 5) is 0. The zero-order valence-corrected chi connectivity index (χ0v) is 11.5. The lowest BCUT2D eigenvalue weighted by atomic mass is 10.2. The first-order valence-electron chi connectivity index (χ1n) is 5.82. The first-order valence-corrected chi connectivity index (χ1v) is 8.02. The van der Waals surface area contributed by atoms with Crippen molar-refractivity contribution in [2.45, 2.75) is 24.7 Å². The molecule has 1 aliphatic rings. The van der Waals surface area contributed by atoms with E-state index < -0.39 is 9.84 Å². The van der Waals surface area contributed by atoms with Crippen molar-refractivity contribution in [2.24, 2.45) is 0 Å². The first-order chi connectivity index (χ1) is 8.46. The summed E-state index contributed by atoms with van der Waals surface area (Å²) in [7, 11) is -3.22. The average Bonchev–Trinajstić information content (AvgIpc) is 2.75. The second kappa shape index (κ2) is 5.47. The van der Waals surface area contributed by atoms with Crippen LogP contribution in [0.3, 0.4) is 0 Å². The van der Waals surface area contributed by atoms with Crippen molar-refractivity contribution < 1.29 is 13.2 Å². The summed E-state index contributed by atoms with van der Waals surface area (Å²) in [5.74, 6) is -0.0296. The highest BCUT2D eigenvalue weighted by Gasteiger charge is 2.24. The molecule has 18 heavy (non-hydrogen) atoms. The van der Waals surface area contributed by atoms with Crippen molar-refractivity contribution in [2.75, 3.05) is 18.1 Å². The highest BCUT2D eigenvalue weighted by molar-refractivity contribution is 7.90. The van der Waals surface area contributed by atoms with Crippen molar-refractivity contribution in [3.05, 3.63) is 28.8 Å². The van der Waals surface area contributed by atoms with E-state index in [1.54, 1.807) is 18.2 Å². The van der Waals surface area contributed by atoms with Crippen LogP contribution in [0.25, 0.3) is 0 Å². The monoisotopic (exact) mass is 289 g/mol. The third kappa shape index (κ3) is 3.60. The van der Waals surface area contributed by atoms with E-state index in [1.165, 1.54) is 0 Å². The van der Waals surface area contributed by atoms with Crippen LogP contribution in [0.4, 0.5) is 5.69 Å². The Morgan fingerprint density at radius 2 is 2.22 bits per heavy atom. The fourth-order valence-corrected chi connectivity index (χ4v) is 3.92. The number of nitrogens with two attached hydrogens (primary N) is 1. The smallest absolute Gasteiger partial charge is 0.157 e. The van der Waals surface area contributed by atoms with E-state index in [-0.39, 0.29) is 17.6 Å². The molecule has 1 unspecified atom stereocenters. The zero-order valence-electron chi connectivity index (χ0n) is 9.93. The van der Waals surface area contributed by atoms with E-state index in [0.717, 1.165) is 12.8 Å². The molecule has 1 aliphatic heterocycles. The summed E-state index contributed by atoms with van der Waals surface area (Å²) >= 11 is 5.84. The lowest BCUT2D eigenvalue weighted by Gasteiger charge is -2.11. The van der Waals surface area contributed by atoms with E-state index in [1.807, 2.05) is 0 Å². The molecule has 0 amide bonds. The van der Waals surface area contributed by atoms with Crippen LogP contribution in [0.2, 0.25) is 5.02 Å². The number of ether oxygens (including phenoxy) is 1. The van der Waals surface area contributed by atoms with Crippen molar-refractivity contribution in [3.63, 3.8) is 0 Å². The SMILES string of the molecule is Nc1ccc(Cl)cc1CS(=O)(=O)CC1CCCO1. The van der Waals surface area contributed by atoms with Crippen molar-refractivity contribution in [1.29, 1.82) is 0 Å². The number of halogens is 1. The van der Waals surface area contributed by atoms with Gasteiger partial charge in [-0.15, -0.1) is 0 Å². The predicted octanol–water partition coefficient (Wildman–Crippen LogP) is 2.02. The minimum atomic E-state index is -3.22. The molecule has 1 aromatic rings. The van der Waals surface area contributed by atoms with Gasteiger partial charge >= 0.3 is 0 Å². The number of sulfone groups is 1. The van der Waals surface area contributed by atoms with Crippen LogP contribution in [0.5, 0.6) is 0 Å². The first kappa shape index (κ1) is 13.6. The largest absolute Gasteiger partial charge is 0.398 e. The van der Waals surface area contributed by atoms with Gasteiger partial charge in [0.15, 0.2) is 9.84 Å². The number of rotatable bonds is 4. The molecule has 1 atom stereocenters. The Bertz CT molecular complexity index is 524. The molecule has 0 aromatic heterocycles. The number of hydrogen-bond donors (Lipinski definition) is 1. The van der Waals surface area contributed by atoms with E-state index in [9.17, 15) is 8.42 Å². The Kier molecular flexibility index (Phi) is 4.14. The van der Waals surface area contributed by atoms with E-state index >= 15 is 0 Å². The van der Waals surface area contributed by atoms with Gasteiger partial charge in [0.2, 0.25) is 0 Å². The summed E-state index contributed by atoms with van der Waals surface area (Å²) in [5.41, 5.74) is 6.76. The molecule has 1 saturated heterocycles. The molecule has 0 radical (unpaired) electrons. The Labute approximate surface area is 112 Å². The minimum absolute atomic E-state index is 0.0545. The standard InChI is InChI=1S/C12H16ClNO3S/c13-10-3-4-12(14)9(6-10)7-18(15,16)8-11-2-1-5-17-11/h3-4,6,11H,1-2,5,7-8,14H2. The third-order valence-electron chi connectivity index (χ3n) is 2.94. The molecule has 100 valence electrons. The molecule has 2 rings (SSSR count). The van der Waals surface area contributed by atoms with Gasteiger partial charge < -0.3 is 10.5 Å². The van der Waals surface area contributed by atoms with Crippen LogP contribution in [-0.4, -0.2) is 26.9 Å². The molecule has 0 aliphatic carbocycles. The molecule has 1 heterocycles. The van der Waals surface area contributed by atoms with Crippen molar-refractivity contribution in [3.8, 4) is 0 Å². The molecule has 1 aromatic carbocycles. The minimum Gasteiger partial charge on any atom is -0.398 e. The predicted molar refractivity (Wildman–Crippen MR) is 72.3 cm³/mol. The Hall–Kier alpha value is -0.780. The maximum absolute atomic E-state index is 12.0. The molecule has 6 heteroatoms. The molecule has 2 N–H and O–H groups in total. The Morgan fingerprint density at radius 1 is 1.44 bits per heavy atom. The second-order valence-electron chi connectivity index (χ2n) is 4.53. The summed E-state index contributed by atoms with van der Waals surface area (Å²) in [6.07, 6.45) is 1.57. The van der Waals surface area contributed by atoms with E-state index in [2.05, 4.69) is 0 Å². The summed E-state index contributed by atoms with van der Waals surface area (Å²) in [5, 5.41) is 0.492. The quantitative estimate of drug-likeness (QED) is 0.861. The highest BCUT2D eigenvalue weighted by atomic mass is 35.5. The van der Waals surface area contributed by atoms with Crippen LogP contribution in [0.1, 0.15) is 18.4 Å². The lowest BCUT2D eigenvalue weighted by molar-refractivity contribution is 0.127. The topological polar surface area (TPSA) is 69.4 Å². The Balaban J connectivity index is 2.09. The van der Waals surface area contributed by atoms with Gasteiger partial charge in [0.05, 0.1) is 17.6 Å². The van der Waals surface area contributed by atoms with Crippen LogP contribution in [-0.2, 0) is 20.3 Å². The van der Waals surface area contributed by atoms with Gasteiger partial charge in [0.1, 0.15) is 0 Å². The molecular weight excluding hydrogens is 274 g/mol. The molecular formula is C12H16ClNO3S. The van der Waals surface area contributed by atoms with Gasteiger partial charge in [0, 0.05) is 17.3 Å². The van der Waals surface area contributed by atoms with Gasteiger partial charge in [-0.1, -0.05) is 11.6 Å². The number of anilines is 1. The Morgan fingerprint density at radius 3 is 2.89 bits per heavy atom. The fourth-order valence-electron chi connectivity index (χ4n) is 2.05. The highest BCUT2D eigenvalue weighted by Crippen LogP contribution is 2.22. The van der Waals surface area contributed by atoms with Crippen LogP contribution in [0, 0.1) is 0 Å². The van der Waals surface area contributed by atoms with Gasteiger partial charge in [-0.05, 0) is 36.6 Å². The van der Waals surface area contributed by atoms with Crippen LogP contribution < -0.4 is 5.73 Å². The van der Waals surface area contributed by atoms with Gasteiger partial charge in [-0.25, -0.2) is 8.42 Å². The lowest BCUT2D eigenvalue weighted by Crippen LogP contribution is -2.21. The maximum Gasteiger partial charge on any atom is 0.157 e. The van der Waals surface area contributed by atoms with E-state index in [4.69, 9.17) is 22.1 Å². The second-order valence-corrected chi connectivity index (χ2v) is 7.08. The van der Waals surface area contributed by atoms with Crippen molar-refractivity contribution in [1.82, 2.24) is 0 Å². The number of nitrogen functional groups attached to an aromatic ring is 1. The molecule has 0 saturated carbocycles. The van der Waals surface area contributed by atoms with Crippen LogP contribution in [0.15, 0.2) is 18.2 Å². The number of hydrogen-bond acceptors (Lipinski definition) is 4. The molecule has 0 bridgehead atoms. The average molecular weight is 290 g/mol. The molecule has 0 spiro atoms. The fraction of sp³-hybridized carbons (Fsp3) is 0.500. The van der Waals surface area contributed by atoms with Crippen molar-refractivity contribution >= 4 is 27.1 Å². The normalized spacial score (nSPS) is 20.2. The third-order valence-corrected chi connectivity index (χ3v) is 4.81. The zero-order chi connectivity index (χ0) is 13.2.